The fraction of sp³-hybridized carbons (Fsp3) is 0.292. The maximum absolute atomic E-state index is 14.3. The monoisotopic (exact) mass is 528 g/mol. The fourth-order valence-corrected chi connectivity index (χ4v) is 4.27. The Balaban J connectivity index is 1.53. The van der Waals surface area contributed by atoms with Crippen molar-refractivity contribution >= 4 is 21.6 Å². The Labute approximate surface area is 203 Å². The van der Waals surface area contributed by atoms with Crippen LogP contribution in [0.2, 0.25) is 0 Å². The Bertz CT molecular complexity index is 1410. The van der Waals surface area contributed by atoms with Crippen molar-refractivity contribution in [3.05, 3.63) is 76.5 Å². The number of alkyl halides is 3. The highest BCUT2D eigenvalue weighted by Gasteiger charge is 2.34. The molecule has 1 aromatic heterocycles. The van der Waals surface area contributed by atoms with Crippen molar-refractivity contribution in [2.75, 3.05) is 11.0 Å². The zero-order valence-electron chi connectivity index (χ0n) is 19.0. The summed E-state index contributed by atoms with van der Waals surface area (Å²) in [6, 6.07) is 7.16. The highest BCUT2D eigenvalue weighted by atomic mass is 32.2. The van der Waals surface area contributed by atoms with Gasteiger partial charge in [-0.1, -0.05) is 0 Å². The lowest BCUT2D eigenvalue weighted by atomic mass is 10.0. The molecule has 1 unspecified atom stereocenters. The standard InChI is InChI=1S/C24H21F5N2O4S/c1-12(14-10-18(25)22(19(26)11-14)31-36(2,33)34)30-23(32)21-6-5-20(35-21)16-7-15(13-3-4-13)8-17(9-16)24(27,28)29/h5-13,31H,3-4H2,1-2H3,(H,30,32). The number of benzene rings is 2. The van der Waals surface area contributed by atoms with Crippen LogP contribution in [0.3, 0.4) is 0 Å². The van der Waals surface area contributed by atoms with Crippen LogP contribution in [0, 0.1) is 11.6 Å². The average molecular weight is 528 g/mol. The number of nitrogens with one attached hydrogen (secondary N) is 2. The van der Waals surface area contributed by atoms with Crippen molar-refractivity contribution < 1.29 is 39.6 Å². The van der Waals surface area contributed by atoms with E-state index < -0.39 is 51.0 Å². The number of hydrogen-bond acceptors (Lipinski definition) is 4. The van der Waals surface area contributed by atoms with Crippen LogP contribution < -0.4 is 10.0 Å². The molecule has 4 rings (SSSR count). The van der Waals surface area contributed by atoms with Crippen LogP contribution in [0.5, 0.6) is 0 Å². The number of carbonyl (C=O) groups is 1. The van der Waals surface area contributed by atoms with E-state index in [1.165, 1.54) is 19.1 Å². The van der Waals surface area contributed by atoms with Gasteiger partial charge in [0, 0.05) is 5.56 Å². The maximum atomic E-state index is 14.3. The van der Waals surface area contributed by atoms with Gasteiger partial charge in [-0.2, -0.15) is 13.2 Å². The molecule has 36 heavy (non-hydrogen) atoms. The van der Waals surface area contributed by atoms with Crippen LogP contribution in [0.1, 0.15) is 59.0 Å². The normalized spacial score (nSPS) is 15.0. The van der Waals surface area contributed by atoms with Gasteiger partial charge in [-0.3, -0.25) is 9.52 Å². The van der Waals surface area contributed by atoms with Crippen molar-refractivity contribution in [1.82, 2.24) is 5.32 Å². The van der Waals surface area contributed by atoms with Crippen LogP contribution in [0.4, 0.5) is 27.6 Å². The van der Waals surface area contributed by atoms with Crippen LogP contribution in [0.25, 0.3) is 11.3 Å². The highest BCUT2D eigenvalue weighted by Crippen LogP contribution is 2.44. The van der Waals surface area contributed by atoms with Gasteiger partial charge >= 0.3 is 6.18 Å². The van der Waals surface area contributed by atoms with Crippen LogP contribution in [0.15, 0.2) is 46.9 Å². The number of amides is 1. The molecule has 1 saturated carbocycles. The largest absolute Gasteiger partial charge is 0.451 e. The molecule has 0 aliphatic heterocycles. The van der Waals surface area contributed by atoms with Crippen LogP contribution >= 0.6 is 0 Å². The average Bonchev–Trinajstić information content (AvgIpc) is 3.50. The van der Waals surface area contributed by atoms with Crippen molar-refractivity contribution in [2.24, 2.45) is 0 Å². The molecule has 6 nitrogen and oxygen atoms in total. The predicted molar refractivity (Wildman–Crippen MR) is 122 cm³/mol. The molecule has 0 radical (unpaired) electrons. The number of sulfonamides is 1. The number of rotatable bonds is 7. The third-order valence-electron chi connectivity index (χ3n) is 5.65. The first-order chi connectivity index (χ1) is 16.7. The van der Waals surface area contributed by atoms with E-state index in [2.05, 4.69) is 5.32 Å². The Kier molecular flexibility index (Phi) is 6.58. The van der Waals surface area contributed by atoms with Gasteiger partial charge in [-0.05, 0) is 79.3 Å². The molecule has 0 saturated heterocycles. The van der Waals surface area contributed by atoms with Gasteiger partial charge in [0.2, 0.25) is 10.0 Å². The zero-order valence-corrected chi connectivity index (χ0v) is 19.9. The highest BCUT2D eigenvalue weighted by molar-refractivity contribution is 7.92. The zero-order chi connectivity index (χ0) is 26.4. The quantitative estimate of drug-likeness (QED) is 0.369. The van der Waals surface area contributed by atoms with E-state index in [0.717, 1.165) is 43.4 Å². The first-order valence-electron chi connectivity index (χ1n) is 10.8. The Hall–Kier alpha value is -3.41. The van der Waals surface area contributed by atoms with Crippen molar-refractivity contribution in [3.8, 4) is 11.3 Å². The summed E-state index contributed by atoms with van der Waals surface area (Å²) in [5.74, 6) is -3.19. The molecule has 1 aliphatic rings. The number of carbonyl (C=O) groups excluding carboxylic acids is 1. The van der Waals surface area contributed by atoms with Gasteiger partial charge in [0.15, 0.2) is 17.4 Å². The molecule has 2 N–H and O–H groups in total. The second kappa shape index (κ2) is 9.23. The molecule has 1 amide bonds. The van der Waals surface area contributed by atoms with Crippen LogP contribution in [-0.2, 0) is 16.2 Å². The van der Waals surface area contributed by atoms with E-state index in [1.807, 2.05) is 0 Å². The van der Waals surface area contributed by atoms with Crippen molar-refractivity contribution in [1.29, 1.82) is 0 Å². The van der Waals surface area contributed by atoms with Crippen LogP contribution in [-0.4, -0.2) is 20.6 Å². The molecule has 1 heterocycles. The molecule has 0 spiro atoms. The summed E-state index contributed by atoms with van der Waals surface area (Å²) in [5.41, 5.74) is -0.917. The lowest BCUT2D eigenvalue weighted by Gasteiger charge is -2.15. The molecular formula is C24H21F5N2O4S. The Morgan fingerprint density at radius 1 is 1.06 bits per heavy atom. The van der Waals surface area contributed by atoms with E-state index in [1.54, 1.807) is 10.8 Å². The molecule has 1 aliphatic carbocycles. The van der Waals surface area contributed by atoms with Gasteiger partial charge in [0.05, 0.1) is 17.9 Å². The second-order valence-electron chi connectivity index (χ2n) is 8.71. The predicted octanol–water partition coefficient (Wildman–Crippen LogP) is 5.98. The molecule has 3 aromatic rings. The van der Waals surface area contributed by atoms with Crippen molar-refractivity contribution in [2.45, 2.75) is 37.9 Å². The summed E-state index contributed by atoms with van der Waals surface area (Å²) in [7, 11) is -3.92. The third-order valence-corrected chi connectivity index (χ3v) is 6.22. The Morgan fingerprint density at radius 2 is 1.69 bits per heavy atom. The van der Waals surface area contributed by atoms with Crippen molar-refractivity contribution in [3.63, 3.8) is 0 Å². The fourth-order valence-electron chi connectivity index (χ4n) is 3.70. The van der Waals surface area contributed by atoms with Gasteiger partial charge in [0.1, 0.15) is 11.4 Å². The summed E-state index contributed by atoms with van der Waals surface area (Å²) in [4.78, 5) is 12.6. The minimum atomic E-state index is -4.54. The lowest BCUT2D eigenvalue weighted by Crippen LogP contribution is -2.26. The summed E-state index contributed by atoms with van der Waals surface area (Å²) in [6.07, 6.45) is -2.20. The summed E-state index contributed by atoms with van der Waals surface area (Å²) >= 11 is 0. The number of hydrogen-bond donors (Lipinski definition) is 2. The first-order valence-corrected chi connectivity index (χ1v) is 12.7. The molecule has 12 heteroatoms. The second-order valence-corrected chi connectivity index (χ2v) is 10.5. The van der Waals surface area contributed by atoms with Gasteiger partial charge in [-0.25, -0.2) is 17.2 Å². The maximum Gasteiger partial charge on any atom is 0.416 e. The first kappa shape index (κ1) is 25.7. The van der Waals surface area contributed by atoms with E-state index in [9.17, 15) is 35.2 Å². The van der Waals surface area contributed by atoms with E-state index in [-0.39, 0.29) is 28.6 Å². The number of anilines is 1. The smallest absolute Gasteiger partial charge is 0.416 e. The van der Waals surface area contributed by atoms with Gasteiger partial charge in [0.25, 0.3) is 5.91 Å². The van der Waals surface area contributed by atoms with E-state index in [0.29, 0.717) is 5.56 Å². The molecular weight excluding hydrogens is 507 g/mol. The topological polar surface area (TPSA) is 88.4 Å². The number of furan rings is 1. The molecule has 1 atom stereocenters. The van der Waals surface area contributed by atoms with Gasteiger partial charge < -0.3 is 9.73 Å². The SMILES string of the molecule is CC(NC(=O)c1ccc(-c2cc(C3CC3)cc(C(F)(F)F)c2)o1)c1cc(F)c(NS(C)(=O)=O)c(F)c1. The van der Waals surface area contributed by atoms with Gasteiger partial charge in [-0.15, -0.1) is 0 Å². The lowest BCUT2D eigenvalue weighted by molar-refractivity contribution is -0.137. The number of halogens is 5. The van der Waals surface area contributed by atoms with E-state index in [4.69, 9.17) is 4.42 Å². The summed E-state index contributed by atoms with van der Waals surface area (Å²) < 4.78 is 98.5. The Morgan fingerprint density at radius 3 is 2.25 bits per heavy atom. The molecule has 1 fully saturated rings. The molecule has 2 aromatic carbocycles. The minimum Gasteiger partial charge on any atom is -0.451 e. The minimum absolute atomic E-state index is 0.0103. The summed E-state index contributed by atoms with van der Waals surface area (Å²) in [5, 5.41) is 2.49. The third kappa shape index (κ3) is 5.86. The summed E-state index contributed by atoms with van der Waals surface area (Å²) in [6.45, 7) is 1.44. The molecule has 0 bridgehead atoms. The van der Waals surface area contributed by atoms with E-state index >= 15 is 0 Å². The molecule has 192 valence electrons.